The molecule has 0 radical (unpaired) electrons. The molecule has 0 spiro atoms. The lowest BCUT2D eigenvalue weighted by Crippen LogP contribution is -2.31. The number of nitrogens with zero attached hydrogens (tertiary/aromatic N) is 1. The van der Waals surface area contributed by atoms with E-state index in [1.54, 1.807) is 11.3 Å². The van der Waals surface area contributed by atoms with Crippen molar-refractivity contribution in [2.75, 3.05) is 26.2 Å². The molecule has 1 aromatic heterocycles. The molecular weight excluding hydrogens is 244 g/mol. The summed E-state index contributed by atoms with van der Waals surface area (Å²) in [6.07, 6.45) is 3.63. The molecule has 18 heavy (non-hydrogen) atoms. The van der Waals surface area contributed by atoms with Crippen molar-refractivity contribution < 1.29 is 4.79 Å². The van der Waals surface area contributed by atoms with E-state index in [4.69, 9.17) is 0 Å². The molecular formula is C14H18N2OS. The van der Waals surface area contributed by atoms with E-state index in [2.05, 4.69) is 16.3 Å². The standard InChI is InChI=1S/C14H18N2OS/c17-14(13-4-9-2-1-3-12(9)18-13)16-7-10-5-15-6-11(10)8-16/h4,10-11,15H,1-3,5-8H2/t10-,11+. The number of carbonyl (C=O) groups excluding carboxylic acids is 1. The predicted molar refractivity (Wildman–Crippen MR) is 72.1 cm³/mol. The van der Waals surface area contributed by atoms with Crippen LogP contribution in [0.5, 0.6) is 0 Å². The van der Waals surface area contributed by atoms with Gasteiger partial charge >= 0.3 is 0 Å². The van der Waals surface area contributed by atoms with Gasteiger partial charge in [-0.3, -0.25) is 4.79 Å². The summed E-state index contributed by atoms with van der Waals surface area (Å²) in [7, 11) is 0. The maximum Gasteiger partial charge on any atom is 0.263 e. The maximum atomic E-state index is 12.5. The smallest absolute Gasteiger partial charge is 0.263 e. The third kappa shape index (κ3) is 1.62. The van der Waals surface area contributed by atoms with Crippen LogP contribution in [-0.4, -0.2) is 37.0 Å². The fourth-order valence-electron chi connectivity index (χ4n) is 3.61. The second-order valence-corrected chi connectivity index (χ2v) is 6.94. The van der Waals surface area contributed by atoms with Crippen molar-refractivity contribution in [3.05, 3.63) is 21.4 Å². The molecule has 2 saturated heterocycles. The lowest BCUT2D eigenvalue weighted by molar-refractivity contribution is 0.0786. The summed E-state index contributed by atoms with van der Waals surface area (Å²) in [6.45, 7) is 4.10. The minimum absolute atomic E-state index is 0.281. The van der Waals surface area contributed by atoms with Gasteiger partial charge in [-0.2, -0.15) is 0 Å². The van der Waals surface area contributed by atoms with Gasteiger partial charge in [0.25, 0.3) is 5.91 Å². The Hall–Kier alpha value is -0.870. The second-order valence-electron chi connectivity index (χ2n) is 5.80. The number of fused-ring (bicyclic) bond motifs is 2. The fraction of sp³-hybridized carbons (Fsp3) is 0.643. The second kappa shape index (κ2) is 4.07. The van der Waals surface area contributed by atoms with Gasteiger partial charge in [0.1, 0.15) is 0 Å². The Balaban J connectivity index is 1.53. The lowest BCUT2D eigenvalue weighted by atomic mass is 10.0. The number of rotatable bonds is 1. The summed E-state index contributed by atoms with van der Waals surface area (Å²) in [4.78, 5) is 17.0. The molecule has 1 amide bonds. The number of hydrogen-bond acceptors (Lipinski definition) is 3. The molecule has 0 aromatic carbocycles. The summed E-state index contributed by atoms with van der Waals surface area (Å²) < 4.78 is 0. The normalized spacial score (nSPS) is 29.7. The largest absolute Gasteiger partial charge is 0.337 e. The molecule has 4 heteroatoms. The van der Waals surface area contributed by atoms with Crippen molar-refractivity contribution in [1.82, 2.24) is 10.2 Å². The highest BCUT2D eigenvalue weighted by Crippen LogP contribution is 2.33. The highest BCUT2D eigenvalue weighted by Gasteiger charge is 2.38. The Labute approximate surface area is 111 Å². The van der Waals surface area contributed by atoms with Crippen LogP contribution in [0, 0.1) is 11.8 Å². The van der Waals surface area contributed by atoms with Crippen LogP contribution in [0.15, 0.2) is 6.07 Å². The van der Waals surface area contributed by atoms with Gasteiger partial charge in [-0.05, 0) is 42.7 Å². The number of carbonyl (C=O) groups is 1. The number of amides is 1. The van der Waals surface area contributed by atoms with E-state index < -0.39 is 0 Å². The van der Waals surface area contributed by atoms with E-state index in [1.165, 1.54) is 29.7 Å². The minimum Gasteiger partial charge on any atom is -0.337 e. The Morgan fingerprint density at radius 1 is 1.28 bits per heavy atom. The van der Waals surface area contributed by atoms with Gasteiger partial charge in [0.2, 0.25) is 0 Å². The van der Waals surface area contributed by atoms with Gasteiger partial charge in [-0.25, -0.2) is 0 Å². The van der Waals surface area contributed by atoms with Crippen LogP contribution in [0.2, 0.25) is 0 Å². The first-order valence-corrected chi connectivity index (χ1v) is 7.74. The van der Waals surface area contributed by atoms with Gasteiger partial charge in [-0.15, -0.1) is 11.3 Å². The van der Waals surface area contributed by atoms with E-state index in [-0.39, 0.29) is 5.91 Å². The molecule has 4 rings (SSSR count). The SMILES string of the molecule is O=C(c1cc2c(s1)CCC2)N1C[C@H]2CNC[C@H]2C1. The van der Waals surface area contributed by atoms with Crippen LogP contribution < -0.4 is 5.32 Å². The van der Waals surface area contributed by atoms with Crippen molar-refractivity contribution in [2.45, 2.75) is 19.3 Å². The van der Waals surface area contributed by atoms with Gasteiger partial charge in [0.05, 0.1) is 4.88 Å². The van der Waals surface area contributed by atoms with Crippen molar-refractivity contribution in [1.29, 1.82) is 0 Å². The van der Waals surface area contributed by atoms with E-state index >= 15 is 0 Å². The summed E-state index contributed by atoms with van der Waals surface area (Å²) in [5.74, 6) is 1.67. The molecule has 3 aliphatic rings. The van der Waals surface area contributed by atoms with Crippen LogP contribution in [-0.2, 0) is 12.8 Å². The fourth-order valence-corrected chi connectivity index (χ4v) is 4.83. The molecule has 0 bridgehead atoms. The molecule has 1 N–H and O–H groups in total. The molecule has 1 aliphatic carbocycles. The number of likely N-dealkylation sites (tertiary alicyclic amines) is 1. The average molecular weight is 262 g/mol. The quantitative estimate of drug-likeness (QED) is 0.832. The Kier molecular flexibility index (Phi) is 2.49. The summed E-state index contributed by atoms with van der Waals surface area (Å²) >= 11 is 1.74. The molecule has 2 aliphatic heterocycles. The molecule has 0 saturated carbocycles. The van der Waals surface area contributed by atoms with E-state index in [0.717, 1.165) is 31.1 Å². The molecule has 1 aromatic rings. The molecule has 96 valence electrons. The molecule has 3 nitrogen and oxygen atoms in total. The topological polar surface area (TPSA) is 32.3 Å². The highest BCUT2D eigenvalue weighted by molar-refractivity contribution is 7.14. The monoisotopic (exact) mass is 262 g/mol. The third-order valence-electron chi connectivity index (χ3n) is 4.63. The first kappa shape index (κ1) is 11.0. The first-order valence-electron chi connectivity index (χ1n) is 6.93. The van der Waals surface area contributed by atoms with Gasteiger partial charge < -0.3 is 10.2 Å². The number of nitrogens with one attached hydrogen (secondary N) is 1. The predicted octanol–water partition coefficient (Wildman–Crippen LogP) is 1.53. The van der Waals surface area contributed by atoms with Crippen molar-refractivity contribution in [3.63, 3.8) is 0 Å². The van der Waals surface area contributed by atoms with E-state index in [0.29, 0.717) is 11.8 Å². The van der Waals surface area contributed by atoms with Crippen molar-refractivity contribution in [3.8, 4) is 0 Å². The van der Waals surface area contributed by atoms with E-state index in [9.17, 15) is 4.79 Å². The summed E-state index contributed by atoms with van der Waals surface area (Å²) in [5, 5.41) is 3.42. The Bertz CT molecular complexity index is 462. The molecule has 0 unspecified atom stereocenters. The summed E-state index contributed by atoms with van der Waals surface area (Å²) in [6, 6.07) is 2.15. The maximum absolute atomic E-state index is 12.5. The number of hydrogen-bond donors (Lipinski definition) is 1. The Morgan fingerprint density at radius 2 is 2.06 bits per heavy atom. The van der Waals surface area contributed by atoms with Gasteiger partial charge in [-0.1, -0.05) is 0 Å². The average Bonchev–Trinajstić information content (AvgIpc) is 3.06. The van der Waals surface area contributed by atoms with Crippen LogP contribution in [0.4, 0.5) is 0 Å². The molecule has 2 atom stereocenters. The summed E-state index contributed by atoms with van der Waals surface area (Å²) in [5.41, 5.74) is 1.43. The van der Waals surface area contributed by atoms with Crippen LogP contribution in [0.1, 0.15) is 26.5 Å². The molecule has 2 fully saturated rings. The first-order chi connectivity index (χ1) is 8.81. The minimum atomic E-state index is 0.281. The lowest BCUT2D eigenvalue weighted by Gasteiger charge is -2.16. The van der Waals surface area contributed by atoms with Crippen LogP contribution in [0.25, 0.3) is 0 Å². The number of thiophene rings is 1. The van der Waals surface area contributed by atoms with Crippen molar-refractivity contribution in [2.24, 2.45) is 11.8 Å². The van der Waals surface area contributed by atoms with Crippen LogP contribution >= 0.6 is 11.3 Å². The third-order valence-corrected chi connectivity index (χ3v) is 5.86. The van der Waals surface area contributed by atoms with Crippen LogP contribution in [0.3, 0.4) is 0 Å². The molecule has 3 heterocycles. The zero-order valence-electron chi connectivity index (χ0n) is 10.4. The highest BCUT2D eigenvalue weighted by atomic mass is 32.1. The van der Waals surface area contributed by atoms with Crippen molar-refractivity contribution >= 4 is 17.2 Å². The van der Waals surface area contributed by atoms with Gasteiger partial charge in [0, 0.05) is 31.1 Å². The zero-order valence-corrected chi connectivity index (χ0v) is 11.3. The van der Waals surface area contributed by atoms with E-state index in [1.807, 2.05) is 0 Å². The Morgan fingerprint density at radius 3 is 2.78 bits per heavy atom. The van der Waals surface area contributed by atoms with Gasteiger partial charge in [0.15, 0.2) is 0 Å². The number of aryl methyl sites for hydroxylation is 2. The zero-order chi connectivity index (χ0) is 12.1.